The minimum Gasteiger partial charge on any atom is -0.376 e. The maximum Gasteiger partial charge on any atom is 0.121 e. The van der Waals surface area contributed by atoms with Crippen LogP contribution >= 0.6 is 0 Å². The maximum absolute atomic E-state index is 5.99. The highest BCUT2D eigenvalue weighted by molar-refractivity contribution is 5.44. The van der Waals surface area contributed by atoms with Crippen LogP contribution in [-0.4, -0.2) is 56.6 Å². The summed E-state index contributed by atoms with van der Waals surface area (Å²) in [4.78, 5) is 6.48. The summed E-state index contributed by atoms with van der Waals surface area (Å²) in [5, 5.41) is 3.40. The molecule has 98 valence electrons. The van der Waals surface area contributed by atoms with Gasteiger partial charge in [0.1, 0.15) is 5.60 Å². The molecule has 0 bridgehead atoms. The summed E-state index contributed by atoms with van der Waals surface area (Å²) < 4.78 is 11.7. The molecule has 5 heteroatoms. The Bertz CT molecular complexity index is 379. The monoisotopic (exact) mass is 249 g/mol. The molecular formula is C13H19N3O2. The van der Waals surface area contributed by atoms with E-state index in [0.717, 1.165) is 45.1 Å². The molecular weight excluding hydrogens is 230 g/mol. The molecule has 1 atom stereocenters. The van der Waals surface area contributed by atoms with Crippen LogP contribution < -0.4 is 10.2 Å². The first kappa shape index (κ1) is 11.9. The van der Waals surface area contributed by atoms with E-state index in [1.165, 1.54) is 0 Å². The number of rotatable bonds is 1. The number of anilines is 1. The van der Waals surface area contributed by atoms with Crippen molar-refractivity contribution < 1.29 is 9.47 Å². The summed E-state index contributed by atoms with van der Waals surface area (Å²) in [7, 11) is 0. The van der Waals surface area contributed by atoms with Crippen LogP contribution in [0.4, 0.5) is 5.69 Å². The lowest BCUT2D eigenvalue weighted by Gasteiger charge is -2.39. The van der Waals surface area contributed by atoms with E-state index < -0.39 is 0 Å². The number of ether oxygens (including phenoxy) is 2. The molecule has 0 saturated carbocycles. The molecule has 1 unspecified atom stereocenters. The van der Waals surface area contributed by atoms with Crippen molar-refractivity contribution in [1.82, 2.24) is 10.3 Å². The van der Waals surface area contributed by atoms with Crippen LogP contribution in [0.2, 0.25) is 0 Å². The molecule has 18 heavy (non-hydrogen) atoms. The Hall–Kier alpha value is -1.17. The van der Waals surface area contributed by atoms with Gasteiger partial charge < -0.3 is 19.7 Å². The van der Waals surface area contributed by atoms with Crippen LogP contribution in [-0.2, 0) is 9.47 Å². The molecule has 0 amide bonds. The largest absolute Gasteiger partial charge is 0.376 e. The third kappa shape index (κ3) is 2.48. The van der Waals surface area contributed by atoms with Crippen molar-refractivity contribution in [2.45, 2.75) is 5.60 Å². The van der Waals surface area contributed by atoms with Crippen LogP contribution in [0.3, 0.4) is 0 Å². The fourth-order valence-corrected chi connectivity index (χ4v) is 2.57. The van der Waals surface area contributed by atoms with Gasteiger partial charge in [0, 0.05) is 25.8 Å². The van der Waals surface area contributed by atoms with Gasteiger partial charge >= 0.3 is 0 Å². The van der Waals surface area contributed by atoms with Crippen molar-refractivity contribution >= 4 is 5.69 Å². The molecule has 1 aromatic rings. The summed E-state index contributed by atoms with van der Waals surface area (Å²) >= 11 is 0. The van der Waals surface area contributed by atoms with Gasteiger partial charge in [-0.2, -0.15) is 0 Å². The van der Waals surface area contributed by atoms with E-state index in [2.05, 4.69) is 21.3 Å². The summed E-state index contributed by atoms with van der Waals surface area (Å²) in [6.07, 6.45) is 3.70. The van der Waals surface area contributed by atoms with Gasteiger partial charge in [-0.15, -0.1) is 0 Å². The van der Waals surface area contributed by atoms with Gasteiger partial charge in [-0.1, -0.05) is 0 Å². The molecule has 0 radical (unpaired) electrons. The number of pyridine rings is 1. The zero-order chi connectivity index (χ0) is 12.3. The molecule has 5 nitrogen and oxygen atoms in total. The fraction of sp³-hybridized carbons (Fsp3) is 0.615. The first-order valence-corrected chi connectivity index (χ1v) is 6.45. The molecule has 3 rings (SSSR count). The van der Waals surface area contributed by atoms with Crippen LogP contribution in [0.5, 0.6) is 0 Å². The quantitative estimate of drug-likeness (QED) is 0.774. The van der Waals surface area contributed by atoms with Crippen molar-refractivity contribution in [2.75, 3.05) is 50.9 Å². The number of nitrogens with one attached hydrogen (secondary N) is 1. The lowest BCUT2D eigenvalue weighted by atomic mass is 10.0. The number of morpholine rings is 1. The minimum atomic E-state index is -0.218. The Morgan fingerprint density at radius 2 is 2.39 bits per heavy atom. The number of nitrogens with zero attached hydrogens (tertiary/aromatic N) is 2. The summed E-state index contributed by atoms with van der Waals surface area (Å²) in [5.74, 6) is 0. The minimum absolute atomic E-state index is 0.218. The zero-order valence-corrected chi connectivity index (χ0v) is 10.5. The predicted molar refractivity (Wildman–Crippen MR) is 68.8 cm³/mol. The predicted octanol–water partition coefficient (Wildman–Crippen LogP) is 0.277. The van der Waals surface area contributed by atoms with E-state index in [4.69, 9.17) is 9.47 Å². The lowest BCUT2D eigenvalue weighted by Crippen LogP contribution is -2.57. The van der Waals surface area contributed by atoms with E-state index in [1.807, 2.05) is 12.3 Å². The van der Waals surface area contributed by atoms with Crippen LogP contribution in [0, 0.1) is 0 Å². The van der Waals surface area contributed by atoms with Crippen molar-refractivity contribution in [1.29, 1.82) is 0 Å². The van der Waals surface area contributed by atoms with Crippen LogP contribution in [0.1, 0.15) is 0 Å². The van der Waals surface area contributed by atoms with Crippen molar-refractivity contribution in [3.8, 4) is 0 Å². The van der Waals surface area contributed by atoms with Gasteiger partial charge in [-0.25, -0.2) is 0 Å². The Labute approximate surface area is 107 Å². The average molecular weight is 249 g/mol. The van der Waals surface area contributed by atoms with E-state index >= 15 is 0 Å². The molecule has 1 aromatic heterocycles. The molecule has 2 aliphatic rings. The highest BCUT2D eigenvalue weighted by Crippen LogP contribution is 2.22. The maximum atomic E-state index is 5.99. The first-order chi connectivity index (χ1) is 8.88. The van der Waals surface area contributed by atoms with Gasteiger partial charge in [0.25, 0.3) is 0 Å². The van der Waals surface area contributed by atoms with E-state index in [0.29, 0.717) is 6.61 Å². The Balaban J connectivity index is 1.78. The van der Waals surface area contributed by atoms with Gasteiger partial charge in [0.2, 0.25) is 0 Å². The Morgan fingerprint density at radius 3 is 3.17 bits per heavy atom. The highest BCUT2D eigenvalue weighted by Gasteiger charge is 2.37. The third-order valence-corrected chi connectivity index (χ3v) is 3.49. The zero-order valence-electron chi connectivity index (χ0n) is 10.5. The Kier molecular flexibility index (Phi) is 3.45. The standard InChI is InChI=1S/C13H19N3O2/c1-2-12(8-14-3-1)16-5-7-17-11-13(10-16)9-15-4-6-18-13/h1-3,8,15H,4-7,9-11H2. The second-order valence-electron chi connectivity index (χ2n) is 4.89. The lowest BCUT2D eigenvalue weighted by molar-refractivity contribution is -0.0975. The summed E-state index contributed by atoms with van der Waals surface area (Å²) in [6, 6.07) is 4.05. The number of hydrogen-bond acceptors (Lipinski definition) is 5. The van der Waals surface area contributed by atoms with Crippen molar-refractivity contribution in [2.24, 2.45) is 0 Å². The molecule has 3 heterocycles. The van der Waals surface area contributed by atoms with Gasteiger partial charge in [-0.05, 0) is 12.1 Å². The molecule has 2 fully saturated rings. The van der Waals surface area contributed by atoms with Gasteiger partial charge in [0.05, 0.1) is 38.2 Å². The smallest absolute Gasteiger partial charge is 0.121 e. The van der Waals surface area contributed by atoms with Crippen LogP contribution in [0.25, 0.3) is 0 Å². The molecule has 1 N–H and O–H groups in total. The van der Waals surface area contributed by atoms with E-state index in [1.54, 1.807) is 6.20 Å². The highest BCUT2D eigenvalue weighted by atomic mass is 16.5. The van der Waals surface area contributed by atoms with Crippen molar-refractivity contribution in [3.05, 3.63) is 24.5 Å². The molecule has 1 spiro atoms. The first-order valence-electron chi connectivity index (χ1n) is 6.45. The summed E-state index contributed by atoms with van der Waals surface area (Å²) in [6.45, 7) is 5.67. The van der Waals surface area contributed by atoms with Gasteiger partial charge in [0.15, 0.2) is 0 Å². The normalized spacial score (nSPS) is 29.2. The second-order valence-corrected chi connectivity index (χ2v) is 4.89. The molecule has 0 aromatic carbocycles. The van der Waals surface area contributed by atoms with E-state index in [9.17, 15) is 0 Å². The fourth-order valence-electron chi connectivity index (χ4n) is 2.57. The SMILES string of the molecule is c1cncc(N2CCOCC3(CNCCO3)C2)c1. The number of hydrogen-bond donors (Lipinski definition) is 1. The average Bonchev–Trinajstić information content (AvgIpc) is 2.64. The molecule has 2 saturated heterocycles. The molecule has 0 aliphatic carbocycles. The summed E-state index contributed by atoms with van der Waals surface area (Å²) in [5.41, 5.74) is 0.918. The second kappa shape index (κ2) is 5.22. The Morgan fingerprint density at radius 1 is 1.39 bits per heavy atom. The topological polar surface area (TPSA) is 46.6 Å². The van der Waals surface area contributed by atoms with Crippen LogP contribution in [0.15, 0.2) is 24.5 Å². The number of aromatic nitrogens is 1. The molecule has 2 aliphatic heterocycles. The van der Waals surface area contributed by atoms with Crippen molar-refractivity contribution in [3.63, 3.8) is 0 Å². The third-order valence-electron chi connectivity index (χ3n) is 3.49. The van der Waals surface area contributed by atoms with E-state index in [-0.39, 0.29) is 5.60 Å². The van der Waals surface area contributed by atoms with Gasteiger partial charge in [-0.3, -0.25) is 4.98 Å².